The van der Waals surface area contributed by atoms with Gasteiger partial charge in [0, 0.05) is 41.4 Å². The van der Waals surface area contributed by atoms with Crippen molar-refractivity contribution < 1.29 is 22.9 Å². The fourth-order valence-electron chi connectivity index (χ4n) is 5.02. The van der Waals surface area contributed by atoms with Crippen LogP contribution in [-0.4, -0.2) is 25.3 Å². The summed E-state index contributed by atoms with van der Waals surface area (Å²) in [6.45, 7) is 4.58. The Morgan fingerprint density at radius 2 is 1.95 bits per heavy atom. The smallest absolute Gasteiger partial charge is 0.235 e. The summed E-state index contributed by atoms with van der Waals surface area (Å²) in [4.78, 5) is 11.4. The van der Waals surface area contributed by atoms with Crippen molar-refractivity contribution in [3.63, 3.8) is 0 Å². The molecule has 0 saturated heterocycles. The van der Waals surface area contributed by atoms with E-state index in [2.05, 4.69) is 35.9 Å². The number of hydrogen-bond acceptors (Lipinski definition) is 5. The maximum Gasteiger partial charge on any atom is 0.235 e. The first-order valence-electron chi connectivity index (χ1n) is 12.2. The fraction of sp³-hybridized carbons (Fsp3) is 0.167. The lowest BCUT2D eigenvalue weighted by Crippen LogP contribution is -2.34. The molecule has 0 radical (unpaired) electrons. The van der Waals surface area contributed by atoms with E-state index in [0.29, 0.717) is 17.7 Å². The van der Waals surface area contributed by atoms with Crippen LogP contribution in [0.4, 0.5) is 0 Å². The van der Waals surface area contributed by atoms with Crippen LogP contribution in [0.5, 0.6) is 0 Å². The second-order valence-electron chi connectivity index (χ2n) is 9.82. The highest BCUT2D eigenvalue weighted by Crippen LogP contribution is 2.40. The number of benzene rings is 2. The van der Waals surface area contributed by atoms with E-state index < -0.39 is 9.84 Å². The molecule has 3 aromatic rings. The van der Waals surface area contributed by atoms with Crippen molar-refractivity contribution in [2.24, 2.45) is 0 Å². The second-order valence-corrected chi connectivity index (χ2v) is 12.0. The van der Waals surface area contributed by atoms with Gasteiger partial charge in [0.25, 0.3) is 0 Å². The molecule has 0 aliphatic carbocycles. The molecule has 1 amide bonds. The van der Waals surface area contributed by atoms with Crippen molar-refractivity contribution in [1.82, 2.24) is 5.32 Å². The first-order chi connectivity index (χ1) is 18.6. The van der Waals surface area contributed by atoms with E-state index in [1.165, 1.54) is 24.3 Å². The third-order valence-electron chi connectivity index (χ3n) is 7.10. The SMILES string of the molecule is CC1(C)c2cc(CNC(=O)CCl)ccc2-[n+]2ccc(/C(C#N)=C/C=C/C3=C(O)c4ccccc4S3(=O)=O)cc21. The van der Waals surface area contributed by atoms with E-state index in [1.54, 1.807) is 18.2 Å². The van der Waals surface area contributed by atoms with E-state index in [9.17, 15) is 23.6 Å². The highest BCUT2D eigenvalue weighted by molar-refractivity contribution is 7.96. The molecule has 3 heterocycles. The number of nitrogens with one attached hydrogen (secondary N) is 1. The molecule has 2 N–H and O–H groups in total. The third-order valence-corrected chi connectivity index (χ3v) is 9.18. The number of rotatable bonds is 6. The van der Waals surface area contributed by atoms with Crippen LogP contribution in [-0.2, 0) is 26.6 Å². The summed E-state index contributed by atoms with van der Waals surface area (Å²) >= 11 is 5.59. The predicted molar refractivity (Wildman–Crippen MR) is 149 cm³/mol. The summed E-state index contributed by atoms with van der Waals surface area (Å²) in [5.74, 6) is -0.624. The molecule has 2 aliphatic heterocycles. The van der Waals surface area contributed by atoms with Gasteiger partial charge in [0.1, 0.15) is 16.5 Å². The first kappa shape index (κ1) is 26.4. The number of aliphatic hydroxyl groups is 1. The van der Waals surface area contributed by atoms with E-state index in [-0.39, 0.29) is 38.3 Å². The minimum absolute atomic E-state index is 0.0636. The summed E-state index contributed by atoms with van der Waals surface area (Å²) in [5.41, 5.74) is 4.96. The van der Waals surface area contributed by atoms with Gasteiger partial charge in [-0.15, -0.1) is 11.6 Å². The van der Waals surface area contributed by atoms with Gasteiger partial charge >= 0.3 is 0 Å². The summed E-state index contributed by atoms with van der Waals surface area (Å²) in [6.07, 6.45) is 6.23. The number of sulfone groups is 1. The van der Waals surface area contributed by atoms with Gasteiger partial charge in [-0.2, -0.15) is 9.83 Å². The number of aliphatic hydroxyl groups excluding tert-OH is 1. The minimum Gasteiger partial charge on any atom is -0.506 e. The molecule has 9 heteroatoms. The molecule has 0 unspecified atom stereocenters. The van der Waals surface area contributed by atoms with Crippen molar-refractivity contribution >= 4 is 38.7 Å². The van der Waals surface area contributed by atoms with Crippen LogP contribution >= 0.6 is 11.6 Å². The summed E-state index contributed by atoms with van der Waals surface area (Å²) in [5, 5.41) is 23.2. The number of pyridine rings is 1. The number of fused-ring (bicyclic) bond motifs is 4. The molecule has 0 spiro atoms. The van der Waals surface area contributed by atoms with Gasteiger partial charge < -0.3 is 10.4 Å². The van der Waals surface area contributed by atoms with Crippen LogP contribution < -0.4 is 9.88 Å². The summed E-state index contributed by atoms with van der Waals surface area (Å²) in [7, 11) is -3.84. The number of carbonyl (C=O) groups is 1. The van der Waals surface area contributed by atoms with Crippen molar-refractivity contribution in [3.8, 4) is 11.8 Å². The number of alkyl halides is 1. The van der Waals surface area contributed by atoms with E-state index in [4.69, 9.17) is 11.6 Å². The van der Waals surface area contributed by atoms with Crippen molar-refractivity contribution in [2.45, 2.75) is 30.7 Å². The van der Waals surface area contributed by atoms with Gasteiger partial charge in [-0.3, -0.25) is 4.79 Å². The molecule has 196 valence electrons. The topological polar surface area (TPSA) is 111 Å². The maximum atomic E-state index is 12.8. The molecule has 1 aromatic heterocycles. The first-order valence-corrected chi connectivity index (χ1v) is 14.2. The molecular formula is C30H25ClN3O4S+. The molecule has 7 nitrogen and oxygen atoms in total. The Kier molecular flexibility index (Phi) is 6.67. The molecule has 0 saturated carbocycles. The predicted octanol–water partition coefficient (Wildman–Crippen LogP) is 4.63. The summed E-state index contributed by atoms with van der Waals surface area (Å²) in [6, 6.07) is 18.3. The average molecular weight is 559 g/mol. The molecule has 5 rings (SSSR count). The van der Waals surface area contributed by atoms with Crippen LogP contribution in [0.2, 0.25) is 0 Å². The fourth-order valence-corrected chi connectivity index (χ4v) is 6.69. The Labute approximate surface area is 231 Å². The monoisotopic (exact) mass is 558 g/mol. The van der Waals surface area contributed by atoms with Crippen molar-refractivity contribution in [3.05, 3.63) is 112 Å². The lowest BCUT2D eigenvalue weighted by molar-refractivity contribution is -0.599. The van der Waals surface area contributed by atoms with Gasteiger partial charge in [0.05, 0.1) is 22.0 Å². The highest BCUT2D eigenvalue weighted by atomic mass is 35.5. The number of allylic oxidation sites excluding steroid dienone is 4. The second kappa shape index (κ2) is 9.84. The Balaban J connectivity index is 1.45. The van der Waals surface area contributed by atoms with Gasteiger partial charge in [-0.05, 0) is 49.8 Å². The van der Waals surface area contributed by atoms with Gasteiger partial charge in [-0.25, -0.2) is 8.42 Å². The molecule has 39 heavy (non-hydrogen) atoms. The number of nitriles is 1. The number of halogens is 1. The molecule has 0 atom stereocenters. The molecule has 2 aliphatic rings. The molecule has 0 bridgehead atoms. The largest absolute Gasteiger partial charge is 0.506 e. The normalized spacial score (nSPS) is 16.5. The Morgan fingerprint density at radius 3 is 2.67 bits per heavy atom. The lowest BCUT2D eigenvalue weighted by atomic mass is 9.82. The van der Waals surface area contributed by atoms with Gasteiger partial charge in [0.15, 0.2) is 11.9 Å². The summed E-state index contributed by atoms with van der Waals surface area (Å²) < 4.78 is 27.8. The van der Waals surface area contributed by atoms with Crippen LogP contribution in [0, 0.1) is 11.3 Å². The van der Waals surface area contributed by atoms with Crippen LogP contribution in [0.15, 0.2) is 88.8 Å². The van der Waals surface area contributed by atoms with Gasteiger partial charge in [-0.1, -0.05) is 24.3 Å². The van der Waals surface area contributed by atoms with Crippen LogP contribution in [0.3, 0.4) is 0 Å². The lowest BCUT2D eigenvalue weighted by Gasteiger charge is -2.15. The van der Waals surface area contributed by atoms with Gasteiger partial charge in [0.2, 0.25) is 21.4 Å². The number of hydrogen-bond donors (Lipinski definition) is 2. The highest BCUT2D eigenvalue weighted by Gasteiger charge is 2.44. The minimum atomic E-state index is -3.84. The van der Waals surface area contributed by atoms with E-state index in [0.717, 1.165) is 22.5 Å². The molecule has 2 aromatic carbocycles. The Bertz CT molecular complexity index is 1780. The van der Waals surface area contributed by atoms with Crippen molar-refractivity contribution in [2.75, 3.05) is 5.88 Å². The zero-order chi connectivity index (χ0) is 27.9. The standard InChI is InChI=1S/C30H24ClN3O4S/c1-30(2)23-14-19(18-33-28(35)16-31)10-11-24(23)34-13-12-20(15-27(30)34)21(17-32)6-5-9-26-29(36)22-7-3-4-8-25(22)39(26,37)38/h3-15H,16,18H2,1-2H3,(H,33,35)/p+1. The number of amides is 1. The zero-order valence-corrected chi connectivity index (χ0v) is 22.8. The van der Waals surface area contributed by atoms with E-state index in [1.807, 2.05) is 30.5 Å². The zero-order valence-electron chi connectivity index (χ0n) is 21.3. The Morgan fingerprint density at radius 1 is 1.18 bits per heavy atom. The average Bonchev–Trinajstić information content (AvgIpc) is 3.28. The quantitative estimate of drug-likeness (QED) is 0.198. The van der Waals surface area contributed by atoms with Crippen molar-refractivity contribution in [1.29, 1.82) is 5.26 Å². The number of aromatic nitrogens is 1. The number of carbonyl (C=O) groups excluding carboxylic acids is 1. The molecular weight excluding hydrogens is 534 g/mol. The number of nitrogens with zero attached hydrogens (tertiary/aromatic N) is 2. The maximum absolute atomic E-state index is 12.8. The van der Waals surface area contributed by atoms with Crippen LogP contribution in [0.1, 0.15) is 41.8 Å². The van der Waals surface area contributed by atoms with E-state index >= 15 is 0 Å². The Hall–Kier alpha value is -4.19. The van der Waals surface area contributed by atoms with Crippen LogP contribution in [0.25, 0.3) is 17.0 Å². The molecule has 0 fully saturated rings. The third kappa shape index (κ3) is 4.44.